The first-order valence-electron chi connectivity index (χ1n) is 8.84. The Morgan fingerprint density at radius 2 is 1.52 bits per heavy atom. The number of nitrogens with zero attached hydrogens (tertiary/aromatic N) is 1. The Morgan fingerprint density at radius 3 is 1.96 bits per heavy atom. The molecule has 0 fully saturated rings. The van der Waals surface area contributed by atoms with Crippen molar-refractivity contribution < 1.29 is 9.18 Å². The van der Waals surface area contributed by atoms with Crippen molar-refractivity contribution in [3.8, 4) is 0 Å². The van der Waals surface area contributed by atoms with Crippen LogP contribution in [0.2, 0.25) is 0 Å². The summed E-state index contributed by atoms with van der Waals surface area (Å²) < 4.78 is 13.5. The smallest absolute Gasteiger partial charge is 0.147 e. The van der Waals surface area contributed by atoms with Gasteiger partial charge in [0.2, 0.25) is 0 Å². The van der Waals surface area contributed by atoms with Crippen molar-refractivity contribution >= 4 is 5.78 Å². The SMILES string of the molecule is CCC(=O)C(CC(C)N(C)C)(c1ccc(C)cc1)c1ccc(F)cc1. The molecule has 0 N–H and O–H groups in total. The van der Waals surface area contributed by atoms with Crippen LogP contribution in [0.25, 0.3) is 0 Å². The van der Waals surface area contributed by atoms with Crippen LogP contribution < -0.4 is 0 Å². The van der Waals surface area contributed by atoms with Crippen molar-refractivity contribution in [2.75, 3.05) is 14.1 Å². The highest BCUT2D eigenvalue weighted by Crippen LogP contribution is 2.39. The van der Waals surface area contributed by atoms with Crippen molar-refractivity contribution in [2.24, 2.45) is 0 Å². The average Bonchev–Trinajstić information content (AvgIpc) is 2.60. The van der Waals surface area contributed by atoms with Gasteiger partial charge < -0.3 is 4.90 Å². The van der Waals surface area contributed by atoms with E-state index in [-0.39, 0.29) is 17.6 Å². The lowest BCUT2D eigenvalue weighted by Crippen LogP contribution is -2.43. The summed E-state index contributed by atoms with van der Waals surface area (Å²) in [5, 5.41) is 0. The molecular weight excluding hydrogens is 313 g/mol. The number of carbonyl (C=O) groups excluding carboxylic acids is 1. The van der Waals surface area contributed by atoms with Crippen LogP contribution in [0.3, 0.4) is 0 Å². The molecule has 2 rings (SSSR count). The maximum atomic E-state index is 13.5. The normalized spacial score (nSPS) is 15.0. The molecule has 0 aliphatic carbocycles. The van der Waals surface area contributed by atoms with Crippen LogP contribution >= 0.6 is 0 Å². The lowest BCUT2D eigenvalue weighted by molar-refractivity contribution is -0.123. The Kier molecular flexibility index (Phi) is 6.12. The number of carbonyl (C=O) groups is 1. The van der Waals surface area contributed by atoms with Gasteiger partial charge in [-0.25, -0.2) is 4.39 Å². The Hall–Kier alpha value is -2.00. The number of rotatable bonds is 7. The van der Waals surface area contributed by atoms with Gasteiger partial charge in [0.1, 0.15) is 11.6 Å². The third-order valence-corrected chi connectivity index (χ3v) is 5.16. The first-order valence-corrected chi connectivity index (χ1v) is 8.84. The van der Waals surface area contributed by atoms with Gasteiger partial charge in [-0.1, -0.05) is 48.9 Å². The van der Waals surface area contributed by atoms with Crippen LogP contribution in [0.5, 0.6) is 0 Å². The standard InChI is InChI=1S/C22H28FNO/c1-6-21(25)22(15-17(3)24(4)5,18-9-7-16(2)8-10-18)19-11-13-20(23)14-12-19/h7-14,17H,6,15H2,1-5H3. The van der Waals surface area contributed by atoms with Crippen molar-refractivity contribution in [3.05, 3.63) is 71.0 Å². The molecule has 2 unspecified atom stereocenters. The Bertz CT molecular complexity index is 658. The summed E-state index contributed by atoms with van der Waals surface area (Å²) in [5.41, 5.74) is 2.23. The van der Waals surface area contributed by atoms with E-state index in [1.165, 1.54) is 12.1 Å². The predicted octanol–water partition coefficient (Wildman–Crippen LogP) is 4.74. The van der Waals surface area contributed by atoms with Crippen molar-refractivity contribution in [3.63, 3.8) is 0 Å². The molecule has 0 spiro atoms. The van der Waals surface area contributed by atoms with Gasteiger partial charge in [0.15, 0.2) is 0 Å². The van der Waals surface area contributed by atoms with Crippen molar-refractivity contribution in [1.29, 1.82) is 0 Å². The second-order valence-corrected chi connectivity index (χ2v) is 7.07. The molecule has 0 amide bonds. The molecule has 0 aliphatic rings. The van der Waals surface area contributed by atoms with E-state index in [1.54, 1.807) is 12.1 Å². The highest BCUT2D eigenvalue weighted by Gasteiger charge is 2.42. The van der Waals surface area contributed by atoms with Gasteiger partial charge in [-0.2, -0.15) is 0 Å². The predicted molar refractivity (Wildman–Crippen MR) is 101 cm³/mol. The van der Waals surface area contributed by atoms with Crippen LogP contribution in [0.4, 0.5) is 4.39 Å². The first-order chi connectivity index (χ1) is 11.8. The minimum absolute atomic E-state index is 0.164. The summed E-state index contributed by atoms with van der Waals surface area (Å²) in [6, 6.07) is 14.7. The molecule has 0 saturated heterocycles. The molecule has 2 aromatic rings. The second kappa shape index (κ2) is 7.92. The van der Waals surface area contributed by atoms with Crippen LogP contribution in [0.1, 0.15) is 43.4 Å². The first kappa shape index (κ1) is 19.3. The largest absolute Gasteiger partial charge is 0.307 e. The quantitative estimate of drug-likeness (QED) is 0.725. The maximum absolute atomic E-state index is 13.5. The van der Waals surface area contributed by atoms with Crippen molar-refractivity contribution in [1.82, 2.24) is 4.90 Å². The zero-order valence-electron chi connectivity index (χ0n) is 15.8. The molecule has 134 valence electrons. The molecule has 0 saturated carbocycles. The van der Waals surface area contributed by atoms with E-state index in [1.807, 2.05) is 52.2 Å². The van der Waals surface area contributed by atoms with Crippen molar-refractivity contribution in [2.45, 2.75) is 45.1 Å². The fourth-order valence-electron chi connectivity index (χ4n) is 3.34. The molecule has 0 heterocycles. The molecule has 0 bridgehead atoms. The molecule has 2 aromatic carbocycles. The molecular formula is C22H28FNO. The average molecular weight is 341 g/mol. The number of hydrogen-bond acceptors (Lipinski definition) is 2. The lowest BCUT2D eigenvalue weighted by Gasteiger charge is -2.37. The lowest BCUT2D eigenvalue weighted by atomic mass is 9.66. The summed E-state index contributed by atoms with van der Waals surface area (Å²) in [6.07, 6.45) is 1.09. The molecule has 3 heteroatoms. The molecule has 0 aromatic heterocycles. The van der Waals surface area contributed by atoms with Crippen LogP contribution in [-0.4, -0.2) is 30.8 Å². The van der Waals surface area contributed by atoms with Gasteiger partial charge in [-0.05, 0) is 57.6 Å². The summed E-state index contributed by atoms with van der Waals surface area (Å²) >= 11 is 0. The zero-order chi connectivity index (χ0) is 18.6. The van der Waals surface area contributed by atoms with E-state index in [0.717, 1.165) is 16.7 Å². The van der Waals surface area contributed by atoms with E-state index in [9.17, 15) is 9.18 Å². The van der Waals surface area contributed by atoms with Crippen LogP contribution in [-0.2, 0) is 10.2 Å². The number of ketones is 1. The molecule has 0 aliphatic heterocycles. The van der Waals surface area contributed by atoms with Crippen LogP contribution in [0, 0.1) is 12.7 Å². The number of aryl methyl sites for hydroxylation is 1. The van der Waals surface area contributed by atoms with Gasteiger partial charge in [0, 0.05) is 12.5 Å². The van der Waals surface area contributed by atoms with Gasteiger partial charge in [-0.15, -0.1) is 0 Å². The summed E-state index contributed by atoms with van der Waals surface area (Å²) in [6.45, 7) is 6.05. The summed E-state index contributed by atoms with van der Waals surface area (Å²) in [4.78, 5) is 15.4. The van der Waals surface area contributed by atoms with E-state index in [2.05, 4.69) is 11.8 Å². The molecule has 2 nitrogen and oxygen atoms in total. The highest BCUT2D eigenvalue weighted by atomic mass is 19.1. The fraction of sp³-hybridized carbons (Fsp3) is 0.409. The molecule has 0 radical (unpaired) electrons. The van der Waals surface area contributed by atoms with E-state index in [0.29, 0.717) is 12.8 Å². The third kappa shape index (κ3) is 3.98. The summed E-state index contributed by atoms with van der Waals surface area (Å²) in [7, 11) is 4.04. The van der Waals surface area contributed by atoms with Gasteiger partial charge >= 0.3 is 0 Å². The van der Waals surface area contributed by atoms with Gasteiger partial charge in [-0.3, -0.25) is 4.79 Å². The minimum atomic E-state index is -0.764. The third-order valence-electron chi connectivity index (χ3n) is 5.16. The Labute approximate surface area is 150 Å². The van der Waals surface area contributed by atoms with Gasteiger partial charge in [0.05, 0.1) is 5.41 Å². The minimum Gasteiger partial charge on any atom is -0.307 e. The number of hydrogen-bond donors (Lipinski definition) is 0. The van der Waals surface area contributed by atoms with E-state index in [4.69, 9.17) is 0 Å². The Balaban J connectivity index is 2.70. The maximum Gasteiger partial charge on any atom is 0.147 e. The van der Waals surface area contributed by atoms with E-state index < -0.39 is 5.41 Å². The molecule has 25 heavy (non-hydrogen) atoms. The number of Topliss-reactive ketones (excluding diaryl/α,β-unsaturated/α-hetero) is 1. The summed E-state index contributed by atoms with van der Waals surface area (Å²) in [5.74, 6) is -0.122. The monoisotopic (exact) mass is 341 g/mol. The van der Waals surface area contributed by atoms with E-state index >= 15 is 0 Å². The number of halogens is 1. The second-order valence-electron chi connectivity index (χ2n) is 7.07. The zero-order valence-corrected chi connectivity index (χ0v) is 15.8. The number of benzene rings is 2. The molecule has 2 atom stereocenters. The van der Waals surface area contributed by atoms with Crippen LogP contribution in [0.15, 0.2) is 48.5 Å². The Morgan fingerprint density at radius 1 is 1.04 bits per heavy atom. The topological polar surface area (TPSA) is 20.3 Å². The van der Waals surface area contributed by atoms with Gasteiger partial charge in [0.25, 0.3) is 0 Å². The highest BCUT2D eigenvalue weighted by molar-refractivity contribution is 5.93. The fourth-order valence-corrected chi connectivity index (χ4v) is 3.34.